The van der Waals surface area contributed by atoms with Crippen molar-refractivity contribution in [1.29, 1.82) is 0 Å². The van der Waals surface area contributed by atoms with Gasteiger partial charge in [0.05, 0.1) is 6.54 Å². The Morgan fingerprint density at radius 1 is 1.29 bits per heavy atom. The highest BCUT2D eigenvalue weighted by atomic mass is 14.8. The Kier molecular flexibility index (Phi) is 2.21. The molecule has 0 amide bonds. The van der Waals surface area contributed by atoms with E-state index < -0.39 is 0 Å². The van der Waals surface area contributed by atoms with Crippen LogP contribution >= 0.6 is 0 Å². The van der Waals surface area contributed by atoms with Gasteiger partial charge in [0.25, 0.3) is 0 Å². The maximum Gasteiger partial charge on any atom is 0.0876 e. The van der Waals surface area contributed by atoms with Crippen LogP contribution in [-0.4, -0.2) is 6.54 Å². The van der Waals surface area contributed by atoms with Gasteiger partial charge in [-0.2, -0.15) is 0 Å². The minimum absolute atomic E-state index is 0.778. The third-order valence-corrected chi connectivity index (χ3v) is 0.634. The first-order chi connectivity index (χ1) is 3.50. The van der Waals surface area contributed by atoms with Crippen LogP contribution in [0.4, 0.5) is 0 Å². The predicted molar refractivity (Wildman–Crippen MR) is 24.6 cm³/mol. The summed E-state index contributed by atoms with van der Waals surface area (Å²) >= 11 is 0. The van der Waals surface area contributed by atoms with Crippen LogP contribution in [0.25, 0.3) is 0 Å². The molecule has 0 unspecified atom stereocenters. The Morgan fingerprint density at radius 2 is 2.29 bits per heavy atom. The molecule has 1 saturated heterocycles. The summed E-state index contributed by atoms with van der Waals surface area (Å²) in [6.45, 7) is 3.33. The van der Waals surface area contributed by atoms with Gasteiger partial charge in [-0.3, -0.25) is 0 Å². The molecule has 33 valence electrons. The molecule has 1 heterocycles. The Labute approximate surface area is 45.1 Å². The van der Waals surface area contributed by atoms with Crippen molar-refractivity contribution in [2.24, 2.45) is 0 Å². The summed E-state index contributed by atoms with van der Waals surface area (Å²) in [7, 11) is 0. The first-order valence-corrected chi connectivity index (χ1v) is 2.14. The quantitative estimate of drug-likeness (QED) is 0.405. The molecule has 0 bridgehead atoms. The minimum atomic E-state index is 0.778. The van der Waals surface area contributed by atoms with Gasteiger partial charge in [-0.15, -0.1) is 0 Å². The van der Waals surface area contributed by atoms with Crippen molar-refractivity contribution in [3.8, 4) is 0 Å². The largest absolute Gasteiger partial charge is 0.230 e. The van der Waals surface area contributed by atoms with Gasteiger partial charge in [0, 0.05) is 19.4 Å². The van der Waals surface area contributed by atoms with Gasteiger partial charge in [0.15, 0.2) is 0 Å². The van der Waals surface area contributed by atoms with Crippen molar-refractivity contribution in [1.82, 2.24) is 5.32 Å². The normalized spacial score (nSPS) is 24.0. The fraction of sp³-hybridized carbons (Fsp3) is 0.333. The monoisotopic (exact) mass is 90.0 g/mol. The molecule has 1 aliphatic heterocycles. The standard InChI is InChI=1S/C6H4N/c1-2-4-6-7-5-3-1/h3,5H2. The molecule has 0 aliphatic carbocycles. The second-order valence-electron chi connectivity index (χ2n) is 1.17. The summed E-state index contributed by atoms with van der Waals surface area (Å²) in [5.74, 6) is 0. The van der Waals surface area contributed by atoms with Gasteiger partial charge in [0.1, 0.15) is 0 Å². The Bertz CT molecular complexity index is 23.8. The molecule has 1 fully saturated rings. The molecule has 0 spiro atoms. The lowest BCUT2D eigenvalue weighted by molar-refractivity contribution is 0.797. The highest BCUT2D eigenvalue weighted by molar-refractivity contribution is 5.04. The first-order valence-electron chi connectivity index (χ1n) is 2.14. The van der Waals surface area contributed by atoms with E-state index >= 15 is 0 Å². The lowest BCUT2D eigenvalue weighted by Crippen LogP contribution is -1.98. The Hall–Kier alpha value is -0.0400. The van der Waals surface area contributed by atoms with Gasteiger partial charge in [0.2, 0.25) is 0 Å². The summed E-state index contributed by atoms with van der Waals surface area (Å²) < 4.78 is 0. The van der Waals surface area contributed by atoms with Gasteiger partial charge in [-0.05, 0) is 12.8 Å². The topological polar surface area (TPSA) is 14.1 Å². The van der Waals surface area contributed by atoms with E-state index in [-0.39, 0.29) is 0 Å². The summed E-state index contributed by atoms with van der Waals surface area (Å²) in [6.07, 6.45) is 8.89. The van der Waals surface area contributed by atoms with Crippen LogP contribution in [0.3, 0.4) is 0 Å². The fourth-order valence-electron chi connectivity index (χ4n) is 0.342. The van der Waals surface area contributed by atoms with E-state index in [1.165, 1.54) is 0 Å². The summed E-state index contributed by atoms with van der Waals surface area (Å²) in [5, 5.41) is 3.78. The van der Waals surface area contributed by atoms with Crippen LogP contribution in [0.15, 0.2) is 0 Å². The third kappa shape index (κ3) is 1.93. The highest BCUT2D eigenvalue weighted by Gasteiger charge is 1.99. The molecule has 0 aromatic rings. The smallest absolute Gasteiger partial charge is 0.0876 e. The third-order valence-electron chi connectivity index (χ3n) is 0.634. The maximum absolute atomic E-state index is 3.78. The zero-order valence-corrected chi connectivity index (χ0v) is 3.86. The van der Waals surface area contributed by atoms with Crippen LogP contribution in [-0.2, 0) is 0 Å². The van der Waals surface area contributed by atoms with Crippen LogP contribution in [0.1, 0.15) is 6.42 Å². The van der Waals surface area contributed by atoms with E-state index in [4.69, 9.17) is 0 Å². The second-order valence-corrected chi connectivity index (χ2v) is 1.17. The molecule has 0 N–H and O–H groups in total. The van der Waals surface area contributed by atoms with Crippen LogP contribution in [0.2, 0.25) is 0 Å². The van der Waals surface area contributed by atoms with Crippen LogP contribution in [0, 0.1) is 25.8 Å². The van der Waals surface area contributed by atoms with E-state index in [2.05, 4.69) is 31.1 Å². The minimum Gasteiger partial charge on any atom is -0.230 e. The molecule has 1 heteroatoms. The Morgan fingerprint density at radius 3 is 3.29 bits per heavy atom. The molecule has 1 aliphatic rings. The van der Waals surface area contributed by atoms with Crippen molar-refractivity contribution in [3.63, 3.8) is 0 Å². The van der Waals surface area contributed by atoms with Crippen molar-refractivity contribution >= 4 is 0 Å². The summed E-state index contributed by atoms with van der Waals surface area (Å²) in [4.78, 5) is 0. The van der Waals surface area contributed by atoms with E-state index in [0.717, 1.165) is 13.0 Å². The highest BCUT2D eigenvalue weighted by Crippen LogP contribution is 2.01. The maximum atomic E-state index is 3.78. The molecule has 1 rings (SSSR count). The SMILES string of the molecule is [C]1[C][C][N]CC[C]1. The lowest BCUT2D eigenvalue weighted by atomic mass is 10.2. The number of nitrogens with zero attached hydrogens (tertiary/aromatic N) is 1. The average Bonchev–Trinajstić information content (AvgIpc) is 1.90. The van der Waals surface area contributed by atoms with Crippen LogP contribution < -0.4 is 5.32 Å². The first kappa shape index (κ1) is 5.10. The number of rotatable bonds is 0. The van der Waals surface area contributed by atoms with Crippen molar-refractivity contribution in [2.75, 3.05) is 6.54 Å². The lowest BCUT2D eigenvalue weighted by Gasteiger charge is -1.86. The van der Waals surface area contributed by atoms with E-state index in [0.29, 0.717) is 0 Å². The molecule has 1 nitrogen and oxygen atoms in total. The van der Waals surface area contributed by atoms with Gasteiger partial charge >= 0.3 is 0 Å². The van der Waals surface area contributed by atoms with Gasteiger partial charge in [-0.25, -0.2) is 5.32 Å². The molecule has 7 heavy (non-hydrogen) atoms. The molecule has 0 saturated carbocycles. The zero-order chi connectivity index (χ0) is 4.95. The molecule has 0 aromatic carbocycles. The fourth-order valence-corrected chi connectivity index (χ4v) is 0.342. The second kappa shape index (κ2) is 3.03. The molecule has 9 radical (unpaired) electrons. The van der Waals surface area contributed by atoms with Crippen molar-refractivity contribution < 1.29 is 0 Å². The average molecular weight is 90.1 g/mol. The molecule has 0 atom stereocenters. The van der Waals surface area contributed by atoms with Crippen LogP contribution in [0.5, 0.6) is 0 Å². The molecular formula is C6H4N. The van der Waals surface area contributed by atoms with Gasteiger partial charge in [-0.1, -0.05) is 0 Å². The predicted octanol–water partition coefficient (Wildman–Crippen LogP) is 0.277. The van der Waals surface area contributed by atoms with E-state index in [1.807, 2.05) is 0 Å². The van der Waals surface area contributed by atoms with Gasteiger partial charge < -0.3 is 0 Å². The summed E-state index contributed by atoms with van der Waals surface area (Å²) in [6, 6.07) is 0. The molecule has 0 aromatic heterocycles. The number of hydrogen-bond donors (Lipinski definition) is 0. The zero-order valence-electron chi connectivity index (χ0n) is 3.86. The van der Waals surface area contributed by atoms with E-state index in [1.54, 1.807) is 0 Å². The Balaban J connectivity index is 2.04. The summed E-state index contributed by atoms with van der Waals surface area (Å²) in [5.41, 5.74) is 0. The van der Waals surface area contributed by atoms with Crippen molar-refractivity contribution in [3.05, 3.63) is 25.8 Å². The van der Waals surface area contributed by atoms with E-state index in [9.17, 15) is 0 Å². The van der Waals surface area contributed by atoms with Crippen molar-refractivity contribution in [2.45, 2.75) is 6.42 Å². The number of hydrogen-bond acceptors (Lipinski definition) is 0. The molecular weight excluding hydrogens is 86.1 g/mol.